The number of methoxy groups -OCH3 is 1. The number of carbonyl (C=O) groups is 2. The monoisotopic (exact) mass is 474 g/mol. The molecule has 1 aliphatic carbocycles. The zero-order valence-corrected chi connectivity index (χ0v) is 20.6. The zero-order valence-electron chi connectivity index (χ0n) is 20.6. The molecule has 1 fully saturated rings. The molecule has 4 unspecified atom stereocenters. The first-order valence-electron chi connectivity index (χ1n) is 11.9. The van der Waals surface area contributed by atoms with Crippen LogP contribution in [-0.4, -0.2) is 53.6 Å². The third kappa shape index (κ3) is 5.04. The van der Waals surface area contributed by atoms with E-state index in [2.05, 4.69) is 10.3 Å². The lowest BCUT2D eigenvalue weighted by Gasteiger charge is -2.38. The van der Waals surface area contributed by atoms with Gasteiger partial charge >= 0.3 is 0 Å². The predicted octanol–water partition coefficient (Wildman–Crippen LogP) is 2.91. The Morgan fingerprint density at radius 1 is 1.38 bits per heavy atom. The van der Waals surface area contributed by atoms with E-state index in [1.807, 2.05) is 27.7 Å². The Balaban J connectivity index is 1.51. The minimum absolute atomic E-state index is 0.0473. The van der Waals surface area contributed by atoms with E-state index in [0.717, 1.165) is 0 Å². The van der Waals surface area contributed by atoms with Crippen LogP contribution in [0.25, 0.3) is 0 Å². The number of fused-ring (bicyclic) bond motifs is 1. The Labute approximate surface area is 200 Å². The number of ether oxygens (including phenoxy) is 2. The maximum absolute atomic E-state index is 13.9. The summed E-state index contributed by atoms with van der Waals surface area (Å²) in [6.07, 6.45) is 1.99. The average Bonchev–Trinajstić information content (AvgIpc) is 3.50. The predicted molar refractivity (Wildman–Crippen MR) is 126 cm³/mol. The van der Waals surface area contributed by atoms with E-state index in [0.29, 0.717) is 37.2 Å². The molecule has 1 saturated carbocycles. The van der Waals surface area contributed by atoms with Crippen LogP contribution in [0.15, 0.2) is 23.2 Å². The molecule has 2 heterocycles. The van der Waals surface area contributed by atoms with Crippen molar-refractivity contribution in [1.82, 2.24) is 10.2 Å². The van der Waals surface area contributed by atoms with Gasteiger partial charge in [0.2, 0.25) is 11.8 Å². The summed E-state index contributed by atoms with van der Waals surface area (Å²) in [6, 6.07) is 3.77. The topological polar surface area (TPSA) is 106 Å². The summed E-state index contributed by atoms with van der Waals surface area (Å²) in [7, 11) is 1.61. The average molecular weight is 475 g/mol. The number of aliphatic imine (C=N–C) groups is 1. The number of hydrogen-bond acceptors (Lipinski definition) is 6. The first kappa shape index (κ1) is 24.4. The first-order valence-corrected chi connectivity index (χ1v) is 11.9. The Morgan fingerprint density at radius 2 is 2.12 bits per heavy atom. The summed E-state index contributed by atoms with van der Waals surface area (Å²) < 4.78 is 25.2. The van der Waals surface area contributed by atoms with Gasteiger partial charge in [0.1, 0.15) is 17.2 Å². The van der Waals surface area contributed by atoms with E-state index in [1.165, 1.54) is 12.1 Å². The summed E-state index contributed by atoms with van der Waals surface area (Å²) in [6.45, 7) is 8.09. The second-order valence-electron chi connectivity index (χ2n) is 10.9. The maximum Gasteiger partial charge on any atom is 0.231 e. The minimum Gasteiger partial charge on any atom is -0.487 e. The van der Waals surface area contributed by atoms with Crippen molar-refractivity contribution in [3.8, 4) is 5.75 Å². The molecule has 3 N–H and O–H groups in total. The lowest BCUT2D eigenvalue weighted by atomic mass is 9.89. The number of carbonyl (C=O) groups excluding carboxylic acids is 2. The fraction of sp³-hybridized carbons (Fsp3) is 0.640. The standard InChI is InChI=1S/C25H35FN4O4/c1-24(2)13-21(31)30(23(27)29-24)19(8-9-33-5)15-11-16(15)22(32)28-18-12-25(3,4)34-20-7-6-14(26)10-17(18)20/h6-7,10,15-16,18-19H,8-9,11-13H2,1-5H3,(H2,27,29)(H,28,32). The highest BCUT2D eigenvalue weighted by molar-refractivity contribution is 5.99. The maximum atomic E-state index is 13.9. The smallest absolute Gasteiger partial charge is 0.231 e. The summed E-state index contributed by atoms with van der Waals surface area (Å²) in [5.41, 5.74) is 5.82. The van der Waals surface area contributed by atoms with Crippen molar-refractivity contribution in [2.75, 3.05) is 13.7 Å². The number of nitrogens with zero attached hydrogens (tertiary/aromatic N) is 2. The molecule has 8 nitrogen and oxygen atoms in total. The summed E-state index contributed by atoms with van der Waals surface area (Å²) in [5.74, 6) is -0.0885. The van der Waals surface area contributed by atoms with Gasteiger partial charge in [-0.2, -0.15) is 0 Å². The summed E-state index contributed by atoms with van der Waals surface area (Å²) in [4.78, 5) is 32.3. The lowest BCUT2D eigenvalue weighted by Crippen LogP contribution is -2.55. The number of amides is 2. The molecule has 4 rings (SSSR count). The molecule has 0 bridgehead atoms. The van der Waals surface area contributed by atoms with Crippen LogP contribution in [0.5, 0.6) is 5.75 Å². The molecule has 3 aliphatic rings. The highest BCUT2D eigenvalue weighted by Gasteiger charge is 2.52. The van der Waals surface area contributed by atoms with Crippen molar-refractivity contribution in [3.05, 3.63) is 29.6 Å². The SMILES string of the molecule is COCCC(C1CC1C(=O)NC1CC(C)(C)Oc2ccc(F)cc21)N1C(=O)CC(C)(C)N=C1N. The van der Waals surface area contributed by atoms with E-state index in [1.54, 1.807) is 18.1 Å². The number of nitrogens with two attached hydrogens (primary N) is 1. The molecular weight excluding hydrogens is 439 g/mol. The number of halogens is 1. The Hall–Kier alpha value is -2.68. The quantitative estimate of drug-likeness (QED) is 0.632. The molecule has 2 amide bonds. The second-order valence-corrected chi connectivity index (χ2v) is 10.9. The molecular formula is C25H35FN4O4. The molecule has 0 radical (unpaired) electrons. The molecule has 1 aromatic rings. The molecule has 9 heteroatoms. The molecule has 0 aromatic heterocycles. The largest absolute Gasteiger partial charge is 0.487 e. The third-order valence-corrected chi connectivity index (χ3v) is 6.88. The van der Waals surface area contributed by atoms with Gasteiger partial charge in [0.05, 0.1) is 18.0 Å². The highest BCUT2D eigenvalue weighted by Crippen LogP contribution is 2.47. The summed E-state index contributed by atoms with van der Waals surface area (Å²) >= 11 is 0. The van der Waals surface area contributed by atoms with Crippen LogP contribution in [0, 0.1) is 17.7 Å². The van der Waals surface area contributed by atoms with Gasteiger partial charge in [-0.3, -0.25) is 14.5 Å². The van der Waals surface area contributed by atoms with Crippen molar-refractivity contribution in [3.63, 3.8) is 0 Å². The van der Waals surface area contributed by atoms with Gasteiger partial charge in [-0.15, -0.1) is 0 Å². The molecule has 0 spiro atoms. The van der Waals surface area contributed by atoms with Crippen molar-refractivity contribution in [2.45, 2.75) is 76.6 Å². The lowest BCUT2D eigenvalue weighted by molar-refractivity contribution is -0.132. The van der Waals surface area contributed by atoms with Gasteiger partial charge in [-0.1, -0.05) is 0 Å². The highest BCUT2D eigenvalue weighted by atomic mass is 19.1. The second kappa shape index (κ2) is 8.83. The van der Waals surface area contributed by atoms with Crippen LogP contribution in [0.1, 0.15) is 65.0 Å². The molecule has 0 saturated heterocycles. The number of rotatable bonds is 7. The molecule has 2 aliphatic heterocycles. The van der Waals surface area contributed by atoms with E-state index in [-0.39, 0.29) is 53.9 Å². The van der Waals surface area contributed by atoms with E-state index in [4.69, 9.17) is 15.2 Å². The van der Waals surface area contributed by atoms with E-state index in [9.17, 15) is 14.0 Å². The van der Waals surface area contributed by atoms with Crippen LogP contribution in [0.4, 0.5) is 4.39 Å². The number of nitrogens with one attached hydrogen (secondary N) is 1. The van der Waals surface area contributed by atoms with E-state index < -0.39 is 11.1 Å². The van der Waals surface area contributed by atoms with Gasteiger partial charge in [-0.05, 0) is 64.7 Å². The van der Waals surface area contributed by atoms with Gasteiger partial charge < -0.3 is 20.5 Å². The normalized spacial score (nSPS) is 27.8. The molecule has 4 atom stereocenters. The zero-order chi connectivity index (χ0) is 24.8. The molecule has 186 valence electrons. The van der Waals surface area contributed by atoms with Crippen molar-refractivity contribution >= 4 is 17.8 Å². The van der Waals surface area contributed by atoms with Gasteiger partial charge in [0, 0.05) is 37.7 Å². The number of benzene rings is 1. The van der Waals surface area contributed by atoms with Crippen LogP contribution < -0.4 is 15.8 Å². The third-order valence-electron chi connectivity index (χ3n) is 6.88. The Morgan fingerprint density at radius 3 is 2.79 bits per heavy atom. The molecule has 34 heavy (non-hydrogen) atoms. The van der Waals surface area contributed by atoms with Crippen LogP contribution in [-0.2, 0) is 14.3 Å². The van der Waals surface area contributed by atoms with Crippen molar-refractivity contribution in [2.24, 2.45) is 22.6 Å². The number of guanidine groups is 1. The first-order chi connectivity index (χ1) is 15.9. The fourth-order valence-electron chi connectivity index (χ4n) is 5.29. The minimum atomic E-state index is -0.539. The van der Waals surface area contributed by atoms with Crippen LogP contribution in [0.3, 0.4) is 0 Å². The van der Waals surface area contributed by atoms with Gasteiger partial charge in [0.25, 0.3) is 0 Å². The van der Waals surface area contributed by atoms with Crippen LogP contribution >= 0.6 is 0 Å². The van der Waals surface area contributed by atoms with Gasteiger partial charge in [-0.25, -0.2) is 9.38 Å². The van der Waals surface area contributed by atoms with Gasteiger partial charge in [0.15, 0.2) is 5.96 Å². The number of hydrogen-bond donors (Lipinski definition) is 2. The Bertz CT molecular complexity index is 1010. The van der Waals surface area contributed by atoms with Crippen LogP contribution in [0.2, 0.25) is 0 Å². The van der Waals surface area contributed by atoms with Crippen molar-refractivity contribution in [1.29, 1.82) is 0 Å². The fourth-order valence-corrected chi connectivity index (χ4v) is 5.29. The van der Waals surface area contributed by atoms with E-state index >= 15 is 0 Å². The molecule has 1 aromatic carbocycles. The Kier molecular flexibility index (Phi) is 6.35. The summed E-state index contributed by atoms with van der Waals surface area (Å²) in [5, 5.41) is 3.12. The van der Waals surface area contributed by atoms with Crippen molar-refractivity contribution < 1.29 is 23.5 Å².